The Kier molecular flexibility index (Phi) is 2.52. The van der Waals surface area contributed by atoms with Crippen LogP contribution in [0.15, 0.2) is 24.5 Å². The zero-order valence-corrected chi connectivity index (χ0v) is 9.34. The second-order valence-electron chi connectivity index (χ2n) is 4.33. The first kappa shape index (κ1) is 10.8. The molecule has 0 aliphatic rings. The molecule has 1 aromatic heterocycles. The first-order chi connectivity index (χ1) is 7.52. The van der Waals surface area contributed by atoms with Gasteiger partial charge in [-0.3, -0.25) is 0 Å². The lowest BCUT2D eigenvalue weighted by Crippen LogP contribution is -2.15. The summed E-state index contributed by atoms with van der Waals surface area (Å²) in [5, 5.41) is 9.87. The van der Waals surface area contributed by atoms with E-state index in [4.69, 9.17) is 0 Å². The molecule has 0 saturated carbocycles. The van der Waals surface area contributed by atoms with Gasteiger partial charge in [0.05, 0.1) is 29.5 Å². The molecule has 2 aromatic rings. The standard InChI is InChI=1S/C12H14N2O2/c1-12(2,16)9-3-4-11-10(7-9)13-8-14(11)5-6-15/h3-4,6-8,16H,5H2,1-2H3. The molecule has 0 unspecified atom stereocenters. The van der Waals surface area contributed by atoms with Crippen LogP contribution in [-0.2, 0) is 16.9 Å². The van der Waals surface area contributed by atoms with Crippen molar-refractivity contribution >= 4 is 17.3 Å². The molecule has 16 heavy (non-hydrogen) atoms. The predicted octanol–water partition coefficient (Wildman–Crippen LogP) is 1.46. The number of aromatic nitrogens is 2. The molecule has 1 N–H and O–H groups in total. The number of aldehydes is 1. The normalized spacial score (nSPS) is 11.9. The van der Waals surface area contributed by atoms with Crippen molar-refractivity contribution in [3.05, 3.63) is 30.1 Å². The van der Waals surface area contributed by atoms with Gasteiger partial charge in [0.25, 0.3) is 0 Å². The highest BCUT2D eigenvalue weighted by Gasteiger charge is 2.16. The van der Waals surface area contributed by atoms with Crippen molar-refractivity contribution in [1.82, 2.24) is 9.55 Å². The number of fused-ring (bicyclic) bond motifs is 1. The zero-order valence-electron chi connectivity index (χ0n) is 9.34. The molecule has 0 radical (unpaired) electrons. The molecule has 1 aromatic carbocycles. The third-order valence-electron chi connectivity index (χ3n) is 2.60. The van der Waals surface area contributed by atoms with Crippen molar-refractivity contribution < 1.29 is 9.90 Å². The quantitative estimate of drug-likeness (QED) is 0.793. The Hall–Kier alpha value is -1.68. The van der Waals surface area contributed by atoms with Crippen molar-refractivity contribution in [3.8, 4) is 0 Å². The second kappa shape index (κ2) is 3.72. The minimum absolute atomic E-state index is 0.304. The monoisotopic (exact) mass is 218 g/mol. The summed E-state index contributed by atoms with van der Waals surface area (Å²) in [6.45, 7) is 3.77. The molecule has 1 heterocycles. The van der Waals surface area contributed by atoms with Crippen LogP contribution in [0.3, 0.4) is 0 Å². The average molecular weight is 218 g/mol. The van der Waals surface area contributed by atoms with Gasteiger partial charge in [-0.2, -0.15) is 0 Å². The van der Waals surface area contributed by atoms with E-state index < -0.39 is 5.60 Å². The summed E-state index contributed by atoms with van der Waals surface area (Å²) >= 11 is 0. The fourth-order valence-corrected chi connectivity index (χ4v) is 1.67. The van der Waals surface area contributed by atoms with Crippen LogP contribution in [0.5, 0.6) is 0 Å². The lowest BCUT2D eigenvalue weighted by atomic mass is 9.98. The van der Waals surface area contributed by atoms with Gasteiger partial charge in [0.15, 0.2) is 0 Å². The fourth-order valence-electron chi connectivity index (χ4n) is 1.67. The first-order valence-electron chi connectivity index (χ1n) is 5.14. The topological polar surface area (TPSA) is 55.1 Å². The Morgan fingerprint density at radius 1 is 1.50 bits per heavy atom. The van der Waals surface area contributed by atoms with E-state index in [1.807, 2.05) is 18.2 Å². The van der Waals surface area contributed by atoms with Crippen molar-refractivity contribution in [1.29, 1.82) is 0 Å². The molecular weight excluding hydrogens is 204 g/mol. The number of carbonyl (C=O) groups excluding carboxylic acids is 1. The van der Waals surface area contributed by atoms with Crippen LogP contribution in [0.1, 0.15) is 19.4 Å². The number of hydrogen-bond donors (Lipinski definition) is 1. The van der Waals surface area contributed by atoms with E-state index in [0.717, 1.165) is 22.9 Å². The molecule has 0 fully saturated rings. The highest BCUT2D eigenvalue weighted by molar-refractivity contribution is 5.77. The Balaban J connectivity index is 2.53. The van der Waals surface area contributed by atoms with Crippen LogP contribution < -0.4 is 0 Å². The second-order valence-corrected chi connectivity index (χ2v) is 4.33. The third-order valence-corrected chi connectivity index (χ3v) is 2.60. The largest absolute Gasteiger partial charge is 0.386 e. The minimum Gasteiger partial charge on any atom is -0.386 e. The van der Waals surface area contributed by atoms with Gasteiger partial charge in [-0.05, 0) is 31.5 Å². The minimum atomic E-state index is -0.872. The van der Waals surface area contributed by atoms with E-state index in [-0.39, 0.29) is 0 Å². The van der Waals surface area contributed by atoms with Crippen molar-refractivity contribution in [3.63, 3.8) is 0 Å². The average Bonchev–Trinajstić information content (AvgIpc) is 2.60. The van der Waals surface area contributed by atoms with E-state index in [1.54, 1.807) is 24.7 Å². The number of nitrogens with zero attached hydrogens (tertiary/aromatic N) is 2. The molecular formula is C12H14N2O2. The van der Waals surface area contributed by atoms with Gasteiger partial charge < -0.3 is 14.5 Å². The molecule has 0 amide bonds. The molecule has 0 aliphatic heterocycles. The lowest BCUT2D eigenvalue weighted by Gasteiger charge is -2.17. The third kappa shape index (κ3) is 1.84. The summed E-state index contributed by atoms with van der Waals surface area (Å²) in [6.07, 6.45) is 2.47. The molecule has 0 spiro atoms. The van der Waals surface area contributed by atoms with E-state index in [2.05, 4.69) is 4.98 Å². The number of imidazole rings is 1. The number of aliphatic hydroxyl groups is 1. The highest BCUT2D eigenvalue weighted by atomic mass is 16.3. The van der Waals surface area contributed by atoms with Gasteiger partial charge in [0.2, 0.25) is 0 Å². The smallest absolute Gasteiger partial charge is 0.139 e. The molecule has 4 heteroatoms. The van der Waals surface area contributed by atoms with E-state index in [1.165, 1.54) is 0 Å². The molecule has 2 rings (SSSR count). The van der Waals surface area contributed by atoms with E-state index in [9.17, 15) is 9.90 Å². The Bertz CT molecular complexity index is 523. The van der Waals surface area contributed by atoms with Crippen molar-refractivity contribution in [2.24, 2.45) is 0 Å². The summed E-state index contributed by atoms with van der Waals surface area (Å²) in [4.78, 5) is 14.7. The maximum absolute atomic E-state index is 10.5. The van der Waals surface area contributed by atoms with E-state index >= 15 is 0 Å². The molecule has 4 nitrogen and oxygen atoms in total. The van der Waals surface area contributed by atoms with Crippen LogP contribution in [0, 0.1) is 0 Å². The van der Waals surface area contributed by atoms with Crippen molar-refractivity contribution in [2.75, 3.05) is 0 Å². The number of hydrogen-bond acceptors (Lipinski definition) is 3. The Morgan fingerprint density at radius 3 is 2.88 bits per heavy atom. The van der Waals surface area contributed by atoms with Crippen molar-refractivity contribution in [2.45, 2.75) is 26.0 Å². The number of carbonyl (C=O) groups is 1. The molecule has 0 aliphatic carbocycles. The van der Waals surface area contributed by atoms with Gasteiger partial charge in [-0.15, -0.1) is 0 Å². The van der Waals surface area contributed by atoms with Crippen LogP contribution in [-0.4, -0.2) is 20.9 Å². The summed E-state index contributed by atoms with van der Waals surface area (Å²) < 4.78 is 1.77. The van der Waals surface area contributed by atoms with Gasteiger partial charge in [0, 0.05) is 0 Å². The van der Waals surface area contributed by atoms with Crippen LogP contribution >= 0.6 is 0 Å². The maximum atomic E-state index is 10.5. The predicted molar refractivity (Wildman–Crippen MR) is 61.0 cm³/mol. The first-order valence-corrected chi connectivity index (χ1v) is 5.14. The van der Waals surface area contributed by atoms with Crippen LogP contribution in [0.4, 0.5) is 0 Å². The molecule has 0 atom stereocenters. The lowest BCUT2D eigenvalue weighted by molar-refractivity contribution is -0.108. The zero-order chi connectivity index (χ0) is 11.8. The van der Waals surface area contributed by atoms with Gasteiger partial charge in [0.1, 0.15) is 6.29 Å². The van der Waals surface area contributed by atoms with E-state index in [0.29, 0.717) is 6.54 Å². The van der Waals surface area contributed by atoms with Gasteiger partial charge in [-0.25, -0.2) is 4.98 Å². The number of rotatable bonds is 3. The highest BCUT2D eigenvalue weighted by Crippen LogP contribution is 2.23. The Labute approximate surface area is 93.5 Å². The summed E-state index contributed by atoms with van der Waals surface area (Å²) in [7, 11) is 0. The fraction of sp³-hybridized carbons (Fsp3) is 0.333. The number of benzene rings is 1. The summed E-state index contributed by atoms with van der Waals surface area (Å²) in [5.74, 6) is 0. The summed E-state index contributed by atoms with van der Waals surface area (Å²) in [6, 6.07) is 5.57. The van der Waals surface area contributed by atoms with Gasteiger partial charge >= 0.3 is 0 Å². The maximum Gasteiger partial charge on any atom is 0.139 e. The molecule has 84 valence electrons. The SMILES string of the molecule is CC(C)(O)c1ccc2c(c1)ncn2CC=O. The van der Waals surface area contributed by atoms with Crippen LogP contribution in [0.25, 0.3) is 11.0 Å². The molecule has 0 bridgehead atoms. The van der Waals surface area contributed by atoms with Gasteiger partial charge in [-0.1, -0.05) is 6.07 Å². The summed E-state index contributed by atoms with van der Waals surface area (Å²) in [5.41, 5.74) is 1.64. The van der Waals surface area contributed by atoms with Crippen LogP contribution in [0.2, 0.25) is 0 Å². The Morgan fingerprint density at radius 2 is 2.25 bits per heavy atom. The molecule has 0 saturated heterocycles.